The Balaban J connectivity index is 1.72. The standard InChI is InChI=1S/C24H31N5O4/c1-14(2)11-19(23(31)27-16(7-9-25)12-15-8-10-26-22(15)30)29-24(32)20-13-17-18(28-20)5-4-6-21(17)33-3/h4-6,13-16,19,28H,7-8,10-12H2,1-3H3,(H,26,30)(H,27,31)(H,29,32)/t15?,16-,19+/m1/s1. The number of carbonyl (C=O) groups excluding carboxylic acids is 3. The third-order valence-corrected chi connectivity index (χ3v) is 5.83. The van der Waals surface area contributed by atoms with E-state index in [0.717, 1.165) is 10.9 Å². The summed E-state index contributed by atoms with van der Waals surface area (Å²) in [7, 11) is 1.57. The molecule has 3 rings (SSSR count). The van der Waals surface area contributed by atoms with Crippen LogP contribution in [0.3, 0.4) is 0 Å². The largest absolute Gasteiger partial charge is 0.496 e. The van der Waals surface area contributed by atoms with E-state index in [4.69, 9.17) is 4.74 Å². The number of nitriles is 1. The molecule has 2 heterocycles. The number of nitrogens with one attached hydrogen (secondary N) is 4. The summed E-state index contributed by atoms with van der Waals surface area (Å²) < 4.78 is 5.35. The van der Waals surface area contributed by atoms with Gasteiger partial charge >= 0.3 is 0 Å². The molecule has 0 radical (unpaired) electrons. The van der Waals surface area contributed by atoms with E-state index in [1.807, 2.05) is 32.0 Å². The van der Waals surface area contributed by atoms with Crippen LogP contribution in [0.4, 0.5) is 0 Å². The molecule has 3 amide bonds. The monoisotopic (exact) mass is 453 g/mol. The maximum atomic E-state index is 13.1. The fourth-order valence-electron chi connectivity index (χ4n) is 4.19. The Morgan fingerprint density at radius 2 is 2.09 bits per heavy atom. The summed E-state index contributed by atoms with van der Waals surface area (Å²) in [5.41, 5.74) is 1.08. The number of carbonyl (C=O) groups is 3. The van der Waals surface area contributed by atoms with Crippen LogP contribution in [0.25, 0.3) is 10.9 Å². The fraction of sp³-hybridized carbons (Fsp3) is 0.500. The van der Waals surface area contributed by atoms with Crippen LogP contribution < -0.4 is 20.7 Å². The predicted octanol–water partition coefficient (Wildman–Crippen LogP) is 2.25. The van der Waals surface area contributed by atoms with Gasteiger partial charge in [0, 0.05) is 29.4 Å². The molecule has 1 aromatic carbocycles. The van der Waals surface area contributed by atoms with Gasteiger partial charge in [0.25, 0.3) is 5.91 Å². The van der Waals surface area contributed by atoms with Crippen LogP contribution in [0.15, 0.2) is 24.3 Å². The lowest BCUT2D eigenvalue weighted by molar-refractivity contribution is -0.125. The van der Waals surface area contributed by atoms with Gasteiger partial charge in [0.15, 0.2) is 0 Å². The Morgan fingerprint density at radius 1 is 1.30 bits per heavy atom. The zero-order valence-corrected chi connectivity index (χ0v) is 19.2. The minimum absolute atomic E-state index is 0.0477. The number of methoxy groups -OCH3 is 1. The molecule has 33 heavy (non-hydrogen) atoms. The first-order chi connectivity index (χ1) is 15.8. The molecule has 1 saturated heterocycles. The van der Waals surface area contributed by atoms with Crippen molar-refractivity contribution in [3.8, 4) is 11.8 Å². The van der Waals surface area contributed by atoms with E-state index < -0.39 is 18.0 Å². The van der Waals surface area contributed by atoms with Crippen LogP contribution in [0.1, 0.15) is 50.0 Å². The topological polar surface area (TPSA) is 136 Å². The minimum atomic E-state index is -0.774. The molecular formula is C24H31N5O4. The number of aromatic nitrogens is 1. The molecule has 2 aromatic rings. The zero-order chi connectivity index (χ0) is 24.0. The number of amides is 3. The minimum Gasteiger partial charge on any atom is -0.496 e. The average Bonchev–Trinajstić information content (AvgIpc) is 3.39. The summed E-state index contributed by atoms with van der Waals surface area (Å²) in [6.07, 6.45) is 1.62. The Hall–Kier alpha value is -3.54. The van der Waals surface area contributed by atoms with Gasteiger partial charge in [-0.05, 0) is 43.4 Å². The molecule has 9 heteroatoms. The van der Waals surface area contributed by atoms with Crippen LogP contribution >= 0.6 is 0 Å². The lowest BCUT2D eigenvalue weighted by atomic mass is 9.96. The highest BCUT2D eigenvalue weighted by atomic mass is 16.5. The average molecular weight is 454 g/mol. The number of benzene rings is 1. The van der Waals surface area contributed by atoms with Crippen LogP contribution in [0.5, 0.6) is 5.75 Å². The molecule has 0 saturated carbocycles. The summed E-state index contributed by atoms with van der Waals surface area (Å²) in [5, 5.41) is 18.5. The Kier molecular flexibility index (Phi) is 7.93. The van der Waals surface area contributed by atoms with Crippen LogP contribution in [-0.4, -0.2) is 48.4 Å². The molecule has 1 aliphatic heterocycles. The second-order valence-corrected chi connectivity index (χ2v) is 8.84. The summed E-state index contributed by atoms with van der Waals surface area (Å²) >= 11 is 0. The van der Waals surface area contributed by atoms with Crippen molar-refractivity contribution >= 4 is 28.6 Å². The number of hydrogen-bond acceptors (Lipinski definition) is 5. The van der Waals surface area contributed by atoms with Crippen molar-refractivity contribution in [3.63, 3.8) is 0 Å². The third-order valence-electron chi connectivity index (χ3n) is 5.83. The number of fused-ring (bicyclic) bond motifs is 1. The van der Waals surface area contributed by atoms with E-state index in [2.05, 4.69) is 27.0 Å². The van der Waals surface area contributed by atoms with E-state index in [1.165, 1.54) is 0 Å². The molecule has 3 atom stereocenters. The Bertz CT molecular complexity index is 1050. The SMILES string of the molecule is COc1cccc2[nH]c(C(=O)N[C@@H](CC(C)C)C(=O)N[C@H](CC#N)CC3CCNC3=O)cc12. The highest BCUT2D eigenvalue weighted by molar-refractivity contribution is 6.01. The third kappa shape index (κ3) is 6.04. The first-order valence-corrected chi connectivity index (χ1v) is 11.2. The summed E-state index contributed by atoms with van der Waals surface area (Å²) in [5.74, 6) is -0.226. The molecule has 9 nitrogen and oxygen atoms in total. The number of ether oxygens (including phenoxy) is 1. The molecule has 1 aliphatic rings. The van der Waals surface area contributed by atoms with Crippen molar-refractivity contribution in [1.29, 1.82) is 5.26 Å². The van der Waals surface area contributed by atoms with Gasteiger partial charge < -0.3 is 25.7 Å². The van der Waals surface area contributed by atoms with Gasteiger partial charge in [-0.2, -0.15) is 5.26 Å². The van der Waals surface area contributed by atoms with Gasteiger partial charge in [0.2, 0.25) is 11.8 Å². The van der Waals surface area contributed by atoms with Crippen LogP contribution in [-0.2, 0) is 9.59 Å². The zero-order valence-electron chi connectivity index (χ0n) is 19.2. The van der Waals surface area contributed by atoms with E-state index >= 15 is 0 Å². The molecule has 1 unspecified atom stereocenters. The first-order valence-electron chi connectivity index (χ1n) is 11.2. The second kappa shape index (κ2) is 10.9. The maximum absolute atomic E-state index is 13.1. The number of rotatable bonds is 10. The van der Waals surface area contributed by atoms with Gasteiger partial charge in [-0.1, -0.05) is 19.9 Å². The molecule has 176 valence electrons. The number of nitrogens with zero attached hydrogens (tertiary/aromatic N) is 1. The Labute approximate surface area is 193 Å². The summed E-state index contributed by atoms with van der Waals surface area (Å²) in [4.78, 5) is 41.1. The normalized spacial score (nSPS) is 17.3. The summed E-state index contributed by atoms with van der Waals surface area (Å²) in [6.45, 7) is 4.55. The van der Waals surface area contributed by atoms with Crippen LogP contribution in [0.2, 0.25) is 0 Å². The molecule has 1 fully saturated rings. The van der Waals surface area contributed by atoms with Gasteiger partial charge in [-0.25, -0.2) is 0 Å². The summed E-state index contributed by atoms with van der Waals surface area (Å²) in [6, 6.07) is 8.04. The van der Waals surface area contributed by atoms with E-state index in [9.17, 15) is 19.6 Å². The Morgan fingerprint density at radius 3 is 2.73 bits per heavy atom. The molecule has 0 aliphatic carbocycles. The maximum Gasteiger partial charge on any atom is 0.268 e. The van der Waals surface area contributed by atoms with Crippen molar-refractivity contribution in [2.24, 2.45) is 11.8 Å². The van der Waals surface area contributed by atoms with Crippen molar-refractivity contribution in [1.82, 2.24) is 20.9 Å². The van der Waals surface area contributed by atoms with Crippen molar-refractivity contribution in [3.05, 3.63) is 30.0 Å². The number of H-pyrrole nitrogens is 1. The van der Waals surface area contributed by atoms with Crippen molar-refractivity contribution in [2.45, 2.75) is 51.6 Å². The lowest BCUT2D eigenvalue weighted by Gasteiger charge is -2.24. The number of aromatic amines is 1. The number of hydrogen-bond donors (Lipinski definition) is 4. The quantitative estimate of drug-likeness (QED) is 0.437. The van der Waals surface area contributed by atoms with Crippen molar-refractivity contribution < 1.29 is 19.1 Å². The first kappa shape index (κ1) is 24.1. The van der Waals surface area contributed by atoms with Crippen LogP contribution in [0, 0.1) is 23.2 Å². The van der Waals surface area contributed by atoms with Gasteiger partial charge in [-0.15, -0.1) is 0 Å². The molecular weight excluding hydrogens is 422 g/mol. The van der Waals surface area contributed by atoms with Gasteiger partial charge in [-0.3, -0.25) is 14.4 Å². The van der Waals surface area contributed by atoms with E-state index in [0.29, 0.717) is 37.3 Å². The highest BCUT2D eigenvalue weighted by Crippen LogP contribution is 2.26. The van der Waals surface area contributed by atoms with Gasteiger partial charge in [0.05, 0.1) is 19.6 Å². The lowest BCUT2D eigenvalue weighted by Crippen LogP contribution is -2.50. The molecule has 1 aromatic heterocycles. The van der Waals surface area contributed by atoms with Crippen molar-refractivity contribution in [2.75, 3.05) is 13.7 Å². The fourth-order valence-corrected chi connectivity index (χ4v) is 4.19. The molecule has 0 bridgehead atoms. The van der Waals surface area contributed by atoms with E-state index in [1.54, 1.807) is 13.2 Å². The highest BCUT2D eigenvalue weighted by Gasteiger charge is 2.30. The second-order valence-electron chi connectivity index (χ2n) is 8.84. The molecule has 0 spiro atoms. The smallest absolute Gasteiger partial charge is 0.268 e. The molecule has 4 N–H and O–H groups in total. The van der Waals surface area contributed by atoms with E-state index in [-0.39, 0.29) is 30.1 Å². The predicted molar refractivity (Wildman–Crippen MR) is 123 cm³/mol. The van der Waals surface area contributed by atoms with Gasteiger partial charge in [0.1, 0.15) is 17.5 Å².